The second-order valence-corrected chi connectivity index (χ2v) is 16.2. The van der Waals surface area contributed by atoms with Crippen LogP contribution >= 0.6 is 0 Å². The zero-order valence-electron chi connectivity index (χ0n) is 28.5. The zero-order chi connectivity index (χ0) is 35.6. The SMILES string of the molecule is CC(C)(C)OC(=O)N[C@H]1CCCCC/C=C\[C@@H]2C[C@@]2(C(=O)NS(C)(=O)=O)NC(=O)C2C[C@@H](OC(=O)N3CCc4ccccc4C3)CN2C1=O. The number of nitrogens with zero attached hydrogens (tertiary/aromatic N) is 2. The molecule has 4 aliphatic rings. The number of rotatable bonds is 4. The number of ether oxygens (including phenoxy) is 2. The molecule has 15 heteroatoms. The maximum absolute atomic E-state index is 14.2. The summed E-state index contributed by atoms with van der Waals surface area (Å²) in [6.07, 6.45) is 6.23. The van der Waals surface area contributed by atoms with Crippen LogP contribution in [0, 0.1) is 5.92 Å². The summed E-state index contributed by atoms with van der Waals surface area (Å²) >= 11 is 0. The maximum atomic E-state index is 14.2. The predicted octanol–water partition coefficient (Wildman–Crippen LogP) is 2.52. The van der Waals surface area contributed by atoms with E-state index < -0.39 is 75.2 Å². The number of nitrogens with one attached hydrogen (secondary N) is 3. The number of sulfonamides is 1. The minimum atomic E-state index is -3.93. The van der Waals surface area contributed by atoms with Crippen LogP contribution in [-0.2, 0) is 46.8 Å². The lowest BCUT2D eigenvalue weighted by Gasteiger charge is -2.30. The van der Waals surface area contributed by atoms with Gasteiger partial charge in [-0.1, -0.05) is 49.3 Å². The van der Waals surface area contributed by atoms with Crippen LogP contribution in [-0.4, -0.2) is 96.8 Å². The van der Waals surface area contributed by atoms with Gasteiger partial charge in [-0.05, 0) is 64.0 Å². The highest BCUT2D eigenvalue weighted by Crippen LogP contribution is 2.45. The Morgan fingerprint density at radius 3 is 2.51 bits per heavy atom. The van der Waals surface area contributed by atoms with Crippen LogP contribution in [0.2, 0.25) is 0 Å². The van der Waals surface area contributed by atoms with Gasteiger partial charge in [-0.15, -0.1) is 0 Å². The molecule has 1 saturated heterocycles. The summed E-state index contributed by atoms with van der Waals surface area (Å²) in [5.41, 5.74) is -0.173. The van der Waals surface area contributed by atoms with Gasteiger partial charge in [0.1, 0.15) is 29.3 Å². The number of benzene rings is 1. The Morgan fingerprint density at radius 1 is 1.06 bits per heavy atom. The van der Waals surface area contributed by atoms with Crippen molar-refractivity contribution in [1.82, 2.24) is 25.2 Å². The number of carbonyl (C=O) groups excluding carboxylic acids is 5. The Balaban J connectivity index is 1.40. The highest BCUT2D eigenvalue weighted by molar-refractivity contribution is 7.89. The van der Waals surface area contributed by atoms with Crippen LogP contribution in [0.4, 0.5) is 9.59 Å². The van der Waals surface area contributed by atoms with Crippen molar-refractivity contribution in [3.05, 3.63) is 47.5 Å². The summed E-state index contributed by atoms with van der Waals surface area (Å²) in [5, 5.41) is 5.45. The molecule has 1 saturated carbocycles. The third-order valence-electron chi connectivity index (χ3n) is 9.27. The summed E-state index contributed by atoms with van der Waals surface area (Å²) in [5.74, 6) is -2.56. The first-order valence-electron chi connectivity index (χ1n) is 16.9. The van der Waals surface area contributed by atoms with Crippen molar-refractivity contribution >= 4 is 39.9 Å². The van der Waals surface area contributed by atoms with Crippen LogP contribution in [0.25, 0.3) is 0 Å². The number of amides is 5. The van der Waals surface area contributed by atoms with Gasteiger partial charge < -0.3 is 29.9 Å². The number of hydrogen-bond donors (Lipinski definition) is 3. The van der Waals surface area contributed by atoms with Crippen LogP contribution < -0.4 is 15.4 Å². The Kier molecular flexibility index (Phi) is 10.6. The number of alkyl carbamates (subject to hydrolysis) is 1. The van der Waals surface area contributed by atoms with E-state index in [9.17, 15) is 32.4 Å². The van der Waals surface area contributed by atoms with E-state index in [0.29, 0.717) is 32.4 Å². The van der Waals surface area contributed by atoms with Gasteiger partial charge in [-0.3, -0.25) is 19.1 Å². The lowest BCUT2D eigenvalue weighted by atomic mass is 10.0. The van der Waals surface area contributed by atoms with Gasteiger partial charge in [-0.25, -0.2) is 18.0 Å². The summed E-state index contributed by atoms with van der Waals surface area (Å²) in [7, 11) is -3.93. The fraction of sp³-hybridized carbons (Fsp3) is 0.618. The maximum Gasteiger partial charge on any atom is 0.410 e. The van der Waals surface area contributed by atoms with E-state index in [4.69, 9.17) is 9.47 Å². The van der Waals surface area contributed by atoms with Crippen molar-refractivity contribution in [3.63, 3.8) is 0 Å². The summed E-state index contributed by atoms with van der Waals surface area (Å²) in [6, 6.07) is 5.63. The second kappa shape index (κ2) is 14.4. The molecule has 3 heterocycles. The van der Waals surface area contributed by atoms with Crippen LogP contribution in [0.5, 0.6) is 0 Å². The van der Waals surface area contributed by atoms with E-state index in [2.05, 4.69) is 10.6 Å². The molecule has 5 atom stereocenters. The van der Waals surface area contributed by atoms with Gasteiger partial charge in [0.25, 0.3) is 5.91 Å². The normalized spacial score (nSPS) is 28.3. The molecule has 5 amide bonds. The average molecular weight is 702 g/mol. The third-order valence-corrected chi connectivity index (χ3v) is 9.83. The standard InChI is InChI=1S/C34H47N5O9S/c1-33(2,3)48-31(43)35-26-15-9-7-5-6-8-14-24-19-34(24,30(42)37-49(4,45)46)36-28(40)27-18-25(21-39(27)29(26)41)47-32(44)38-17-16-22-12-10-11-13-23(22)20-38/h8,10-14,24-27H,5-7,9,15-21H2,1-4H3,(H,35,43)(H,36,40)(H,37,42)/b14-8-/t24-,25-,26+,27?,34-/m1/s1. The molecule has 1 aromatic carbocycles. The third kappa shape index (κ3) is 9.11. The van der Waals surface area contributed by atoms with E-state index in [0.717, 1.165) is 30.2 Å². The molecule has 1 aliphatic carbocycles. The van der Waals surface area contributed by atoms with E-state index in [1.54, 1.807) is 25.7 Å². The molecule has 14 nitrogen and oxygen atoms in total. The van der Waals surface area contributed by atoms with Gasteiger partial charge in [0.05, 0.1) is 12.8 Å². The highest BCUT2D eigenvalue weighted by atomic mass is 32.2. The minimum Gasteiger partial charge on any atom is -0.444 e. The average Bonchev–Trinajstić information content (AvgIpc) is 3.54. The molecule has 268 valence electrons. The van der Waals surface area contributed by atoms with E-state index in [1.165, 1.54) is 4.90 Å². The molecule has 49 heavy (non-hydrogen) atoms. The molecule has 0 radical (unpaired) electrons. The summed E-state index contributed by atoms with van der Waals surface area (Å²) in [4.78, 5) is 70.6. The van der Waals surface area contributed by atoms with Crippen molar-refractivity contribution in [3.8, 4) is 0 Å². The molecule has 0 aromatic heterocycles. The number of allylic oxidation sites excluding steroid dienone is 1. The van der Waals surface area contributed by atoms with Gasteiger partial charge in [0.2, 0.25) is 21.8 Å². The van der Waals surface area contributed by atoms with Crippen molar-refractivity contribution < 1.29 is 41.9 Å². The van der Waals surface area contributed by atoms with Crippen molar-refractivity contribution in [2.45, 2.75) is 108 Å². The smallest absolute Gasteiger partial charge is 0.410 e. The van der Waals surface area contributed by atoms with Crippen LogP contribution in [0.1, 0.15) is 76.8 Å². The molecule has 0 spiro atoms. The fourth-order valence-electron chi connectivity index (χ4n) is 6.74. The van der Waals surface area contributed by atoms with E-state index >= 15 is 0 Å². The second-order valence-electron chi connectivity index (χ2n) is 14.4. The van der Waals surface area contributed by atoms with Gasteiger partial charge in [0, 0.05) is 25.4 Å². The predicted molar refractivity (Wildman–Crippen MR) is 178 cm³/mol. The van der Waals surface area contributed by atoms with Gasteiger partial charge in [0.15, 0.2) is 0 Å². The molecule has 1 unspecified atom stereocenters. The van der Waals surface area contributed by atoms with Crippen molar-refractivity contribution in [2.75, 3.05) is 19.3 Å². The summed E-state index contributed by atoms with van der Waals surface area (Å²) < 4.78 is 37.3. The van der Waals surface area contributed by atoms with Crippen molar-refractivity contribution in [1.29, 1.82) is 0 Å². The van der Waals surface area contributed by atoms with Gasteiger partial charge >= 0.3 is 12.2 Å². The Labute approximate surface area is 287 Å². The Morgan fingerprint density at radius 2 is 1.80 bits per heavy atom. The molecular weight excluding hydrogens is 654 g/mol. The minimum absolute atomic E-state index is 0.0584. The number of fused-ring (bicyclic) bond motifs is 3. The van der Waals surface area contributed by atoms with Crippen LogP contribution in [0.15, 0.2) is 36.4 Å². The number of hydrogen-bond acceptors (Lipinski definition) is 9. The molecule has 5 rings (SSSR count). The van der Waals surface area contributed by atoms with E-state index in [1.807, 2.05) is 41.1 Å². The van der Waals surface area contributed by atoms with Crippen molar-refractivity contribution in [2.24, 2.45) is 5.92 Å². The quantitative estimate of drug-likeness (QED) is 0.398. The lowest BCUT2D eigenvalue weighted by molar-refractivity contribution is -0.141. The largest absolute Gasteiger partial charge is 0.444 e. The van der Waals surface area contributed by atoms with E-state index in [-0.39, 0.29) is 25.8 Å². The fourth-order valence-corrected chi connectivity index (χ4v) is 7.26. The lowest BCUT2D eigenvalue weighted by Crippen LogP contribution is -2.58. The zero-order valence-corrected chi connectivity index (χ0v) is 29.3. The molecule has 3 N–H and O–H groups in total. The van der Waals surface area contributed by atoms with Crippen LogP contribution in [0.3, 0.4) is 0 Å². The Hall–Kier alpha value is -4.14. The molecule has 2 fully saturated rings. The Bertz CT molecular complexity index is 1610. The van der Waals surface area contributed by atoms with Gasteiger partial charge in [-0.2, -0.15) is 0 Å². The molecule has 1 aromatic rings. The number of carbonyl (C=O) groups is 5. The first kappa shape index (κ1) is 36.1. The molecular formula is C34H47N5O9S. The topological polar surface area (TPSA) is 181 Å². The first-order valence-corrected chi connectivity index (χ1v) is 18.8. The molecule has 0 bridgehead atoms. The monoisotopic (exact) mass is 701 g/mol. The first-order chi connectivity index (χ1) is 23.0. The highest BCUT2D eigenvalue weighted by Gasteiger charge is 2.61. The summed E-state index contributed by atoms with van der Waals surface area (Å²) in [6.45, 7) is 5.82. The molecule has 3 aliphatic heterocycles.